The molecule has 0 spiro atoms. The second-order valence-electron chi connectivity index (χ2n) is 3.32. The van der Waals surface area contributed by atoms with E-state index in [9.17, 15) is 26.7 Å². The summed E-state index contributed by atoms with van der Waals surface area (Å²) in [5.74, 6) is -11.4. The van der Waals surface area contributed by atoms with Gasteiger partial charge < -0.3 is 4.74 Å². The van der Waals surface area contributed by atoms with Crippen LogP contribution in [0, 0.1) is 29.1 Å². The summed E-state index contributed by atoms with van der Waals surface area (Å²) >= 11 is 0. The highest BCUT2D eigenvalue weighted by Crippen LogP contribution is 2.24. The van der Waals surface area contributed by atoms with E-state index in [1.165, 1.54) is 0 Å². The Balaban J connectivity index is 3.26. The van der Waals surface area contributed by atoms with Crippen molar-refractivity contribution in [1.29, 1.82) is 0 Å². The maximum Gasteiger partial charge on any atom is 0.333 e. The molecule has 0 atom stereocenters. The largest absolute Gasteiger partial charge is 0.466 e. The first-order valence-electron chi connectivity index (χ1n) is 4.57. The first-order chi connectivity index (χ1) is 8.31. The molecule has 0 fully saturated rings. The van der Waals surface area contributed by atoms with Crippen LogP contribution in [0.25, 0.3) is 0 Å². The fourth-order valence-corrected chi connectivity index (χ4v) is 1.24. The molecule has 0 aromatic heterocycles. The van der Waals surface area contributed by atoms with Crippen molar-refractivity contribution >= 4 is 5.97 Å². The molecule has 0 unspecified atom stereocenters. The van der Waals surface area contributed by atoms with Gasteiger partial charge in [0.05, 0.1) is 7.11 Å². The van der Waals surface area contributed by atoms with Gasteiger partial charge >= 0.3 is 5.97 Å². The molecule has 0 radical (unpaired) electrons. The summed E-state index contributed by atoms with van der Waals surface area (Å²) in [6.45, 7) is 3.14. The van der Waals surface area contributed by atoms with Crippen LogP contribution in [0.1, 0.15) is 5.56 Å². The number of esters is 1. The zero-order chi connectivity index (χ0) is 14.0. The number of carbonyl (C=O) groups excluding carboxylic acids is 1. The molecule has 0 aliphatic heterocycles. The van der Waals surface area contributed by atoms with Gasteiger partial charge in [-0.25, -0.2) is 26.7 Å². The van der Waals surface area contributed by atoms with Crippen LogP contribution in [0.15, 0.2) is 12.2 Å². The Morgan fingerprint density at radius 1 is 1.00 bits per heavy atom. The fourth-order valence-electron chi connectivity index (χ4n) is 1.24. The third kappa shape index (κ3) is 2.34. The zero-order valence-corrected chi connectivity index (χ0v) is 9.12. The molecule has 1 aromatic carbocycles. The quantitative estimate of drug-likeness (QED) is 0.276. The monoisotopic (exact) mass is 266 g/mol. The maximum atomic E-state index is 13.2. The third-order valence-corrected chi connectivity index (χ3v) is 2.16. The molecule has 0 heterocycles. The Morgan fingerprint density at radius 2 is 1.39 bits per heavy atom. The van der Waals surface area contributed by atoms with Crippen LogP contribution in [0.5, 0.6) is 0 Å². The van der Waals surface area contributed by atoms with E-state index >= 15 is 0 Å². The van der Waals surface area contributed by atoms with E-state index in [1.807, 2.05) is 0 Å². The van der Waals surface area contributed by atoms with E-state index in [1.54, 1.807) is 0 Å². The van der Waals surface area contributed by atoms with Crippen molar-refractivity contribution in [2.45, 2.75) is 6.42 Å². The van der Waals surface area contributed by atoms with Crippen LogP contribution in [-0.2, 0) is 16.0 Å². The van der Waals surface area contributed by atoms with Gasteiger partial charge in [-0.2, -0.15) is 0 Å². The van der Waals surface area contributed by atoms with E-state index in [0.717, 1.165) is 7.11 Å². The molecule has 98 valence electrons. The van der Waals surface area contributed by atoms with Gasteiger partial charge in [0, 0.05) is 17.6 Å². The molecule has 0 N–H and O–H groups in total. The number of methoxy groups -OCH3 is 1. The van der Waals surface area contributed by atoms with Gasteiger partial charge in [0.15, 0.2) is 23.3 Å². The summed E-state index contributed by atoms with van der Waals surface area (Å²) in [5, 5.41) is 0. The molecule has 0 amide bonds. The summed E-state index contributed by atoms with van der Waals surface area (Å²) in [4.78, 5) is 10.9. The van der Waals surface area contributed by atoms with Crippen LogP contribution in [0.3, 0.4) is 0 Å². The first kappa shape index (κ1) is 14.1. The highest BCUT2D eigenvalue weighted by atomic mass is 19.2. The summed E-state index contributed by atoms with van der Waals surface area (Å²) in [5.41, 5.74) is -1.55. The van der Waals surface area contributed by atoms with Gasteiger partial charge in [-0.15, -0.1) is 0 Å². The summed E-state index contributed by atoms with van der Waals surface area (Å²) in [6, 6.07) is 0. The van der Waals surface area contributed by atoms with E-state index in [4.69, 9.17) is 0 Å². The van der Waals surface area contributed by atoms with Crippen molar-refractivity contribution < 1.29 is 31.5 Å². The SMILES string of the molecule is C=C(Cc1c(F)c(F)c(F)c(F)c1F)C(=O)OC. The zero-order valence-electron chi connectivity index (χ0n) is 9.12. The van der Waals surface area contributed by atoms with Crippen LogP contribution < -0.4 is 0 Å². The van der Waals surface area contributed by atoms with Crippen LogP contribution in [0.4, 0.5) is 22.0 Å². The highest BCUT2D eigenvalue weighted by molar-refractivity contribution is 5.88. The van der Waals surface area contributed by atoms with Gasteiger partial charge in [-0.3, -0.25) is 0 Å². The lowest BCUT2D eigenvalue weighted by molar-refractivity contribution is -0.136. The van der Waals surface area contributed by atoms with E-state index in [0.29, 0.717) is 0 Å². The average molecular weight is 266 g/mol. The minimum atomic E-state index is -2.25. The van der Waals surface area contributed by atoms with Gasteiger partial charge in [-0.05, 0) is 0 Å². The lowest BCUT2D eigenvalue weighted by Crippen LogP contribution is -2.12. The van der Waals surface area contributed by atoms with E-state index < -0.39 is 52.6 Å². The van der Waals surface area contributed by atoms with Crippen molar-refractivity contribution in [2.75, 3.05) is 7.11 Å². The molecule has 1 rings (SSSR count). The molecule has 2 nitrogen and oxygen atoms in total. The van der Waals surface area contributed by atoms with Crippen molar-refractivity contribution in [2.24, 2.45) is 0 Å². The van der Waals surface area contributed by atoms with Gasteiger partial charge in [-0.1, -0.05) is 6.58 Å². The Morgan fingerprint density at radius 3 is 1.78 bits per heavy atom. The topological polar surface area (TPSA) is 26.3 Å². The molecule has 0 saturated heterocycles. The molecule has 0 aliphatic rings. The predicted molar refractivity (Wildman–Crippen MR) is 51.1 cm³/mol. The molecule has 0 saturated carbocycles. The summed E-state index contributed by atoms with van der Waals surface area (Å²) < 4.78 is 69.0. The molecule has 18 heavy (non-hydrogen) atoms. The fraction of sp³-hybridized carbons (Fsp3) is 0.182. The number of halogens is 5. The highest BCUT2D eigenvalue weighted by Gasteiger charge is 2.26. The number of hydrogen-bond acceptors (Lipinski definition) is 2. The molecule has 7 heteroatoms. The summed E-state index contributed by atoms with van der Waals surface area (Å²) in [7, 11) is 0.992. The summed E-state index contributed by atoms with van der Waals surface area (Å²) in [6.07, 6.45) is -0.835. The van der Waals surface area contributed by atoms with Crippen molar-refractivity contribution in [3.05, 3.63) is 46.8 Å². The number of ether oxygens (including phenoxy) is 1. The van der Waals surface area contributed by atoms with Gasteiger partial charge in [0.2, 0.25) is 5.82 Å². The van der Waals surface area contributed by atoms with Gasteiger partial charge in [0.25, 0.3) is 0 Å². The van der Waals surface area contributed by atoms with Crippen molar-refractivity contribution in [1.82, 2.24) is 0 Å². The number of rotatable bonds is 3. The van der Waals surface area contributed by atoms with Gasteiger partial charge in [0.1, 0.15) is 0 Å². The lowest BCUT2D eigenvalue weighted by Gasteiger charge is -2.08. The Hall–Kier alpha value is -1.92. The minimum absolute atomic E-state index is 0.430. The smallest absolute Gasteiger partial charge is 0.333 e. The molecule has 0 aliphatic carbocycles. The van der Waals surface area contributed by atoms with E-state index in [-0.39, 0.29) is 0 Å². The minimum Gasteiger partial charge on any atom is -0.466 e. The number of hydrogen-bond donors (Lipinski definition) is 0. The standard InChI is InChI=1S/C11H7F5O2/c1-4(11(17)18-2)3-5-6(12)8(14)10(16)9(15)7(5)13/h1,3H2,2H3. The van der Waals surface area contributed by atoms with Crippen molar-refractivity contribution in [3.8, 4) is 0 Å². The second kappa shape index (κ2) is 5.16. The molecule has 1 aromatic rings. The molecule has 0 bridgehead atoms. The van der Waals surface area contributed by atoms with Crippen LogP contribution in [-0.4, -0.2) is 13.1 Å². The number of carbonyl (C=O) groups is 1. The normalized spacial score (nSPS) is 10.3. The van der Waals surface area contributed by atoms with Crippen LogP contribution in [0.2, 0.25) is 0 Å². The maximum absolute atomic E-state index is 13.2. The third-order valence-electron chi connectivity index (χ3n) is 2.16. The van der Waals surface area contributed by atoms with Crippen LogP contribution >= 0.6 is 0 Å². The Labute approximate surface area is 98.7 Å². The molecular formula is C11H7F5O2. The second-order valence-corrected chi connectivity index (χ2v) is 3.32. The predicted octanol–water partition coefficient (Wildman–Crippen LogP) is 2.65. The number of benzene rings is 1. The first-order valence-corrected chi connectivity index (χ1v) is 4.57. The molecular weight excluding hydrogens is 259 g/mol. The lowest BCUT2D eigenvalue weighted by atomic mass is 10.0. The van der Waals surface area contributed by atoms with E-state index in [2.05, 4.69) is 11.3 Å². The van der Waals surface area contributed by atoms with Crippen molar-refractivity contribution in [3.63, 3.8) is 0 Å². The Bertz CT molecular complexity index is 496. The Kier molecular flexibility index (Phi) is 4.05. The average Bonchev–Trinajstić information content (AvgIpc) is 2.37.